The number of carbonyl (C=O) groups excluding carboxylic acids is 1. The summed E-state index contributed by atoms with van der Waals surface area (Å²) in [5.74, 6) is 4.25. The van der Waals surface area contributed by atoms with Crippen LogP contribution in [0.15, 0.2) is 0 Å². The molecule has 23 heavy (non-hydrogen) atoms. The molecule has 5 nitrogen and oxygen atoms in total. The molecular weight excluding hydrogens is 288 g/mol. The minimum atomic E-state index is 0.156. The third-order valence-corrected chi connectivity index (χ3v) is 6.67. The molecule has 3 aliphatic heterocycles. The number of aromatic nitrogens is 3. The van der Waals surface area contributed by atoms with Crippen LogP contribution in [0.2, 0.25) is 0 Å². The Bertz CT molecular complexity index is 611. The number of amides is 1. The smallest absolute Gasteiger partial charge is 0.292 e. The lowest BCUT2D eigenvalue weighted by atomic mass is 9.68. The normalized spacial score (nSPS) is 35.7. The van der Waals surface area contributed by atoms with Gasteiger partial charge in [0.1, 0.15) is 5.82 Å². The number of hydrogen-bond acceptors (Lipinski definition) is 3. The van der Waals surface area contributed by atoms with Gasteiger partial charge in [0.25, 0.3) is 5.91 Å². The fraction of sp³-hybridized carbons (Fsp3) is 0.833. The highest BCUT2D eigenvalue weighted by Crippen LogP contribution is 2.47. The van der Waals surface area contributed by atoms with Crippen molar-refractivity contribution in [2.45, 2.75) is 70.4 Å². The van der Waals surface area contributed by atoms with Crippen molar-refractivity contribution in [2.75, 3.05) is 6.54 Å². The van der Waals surface area contributed by atoms with Gasteiger partial charge in [0, 0.05) is 25.6 Å². The zero-order chi connectivity index (χ0) is 15.4. The predicted octanol–water partition coefficient (Wildman–Crippen LogP) is 2.66. The first-order valence-corrected chi connectivity index (χ1v) is 9.51. The largest absolute Gasteiger partial charge is 0.333 e. The molecule has 5 aliphatic rings. The summed E-state index contributed by atoms with van der Waals surface area (Å²) in [6, 6.07) is 0.456. The molecule has 0 aromatic carbocycles. The van der Waals surface area contributed by atoms with Gasteiger partial charge >= 0.3 is 0 Å². The van der Waals surface area contributed by atoms with E-state index in [0.717, 1.165) is 49.5 Å². The lowest BCUT2D eigenvalue weighted by molar-refractivity contribution is 0.0614. The number of nitrogens with zero attached hydrogens (tertiary/aromatic N) is 4. The van der Waals surface area contributed by atoms with Crippen molar-refractivity contribution in [1.29, 1.82) is 0 Å². The topological polar surface area (TPSA) is 51.0 Å². The highest BCUT2D eigenvalue weighted by Gasteiger charge is 2.45. The molecule has 0 spiro atoms. The molecule has 2 unspecified atom stereocenters. The Labute approximate surface area is 137 Å². The van der Waals surface area contributed by atoms with E-state index in [2.05, 4.69) is 19.7 Å². The molecule has 2 saturated carbocycles. The summed E-state index contributed by atoms with van der Waals surface area (Å²) in [4.78, 5) is 15.5. The van der Waals surface area contributed by atoms with E-state index in [-0.39, 0.29) is 5.91 Å². The first-order valence-electron chi connectivity index (χ1n) is 9.51. The van der Waals surface area contributed by atoms with Gasteiger partial charge in [-0.3, -0.25) is 4.79 Å². The standard InChI is InChI=1S/C18H26N4O/c23-18(17-20-19-16-4-2-1-3-5-21(16)17)22-11-14-7-12-6-13(8-14)10-15(22)9-12/h12-15H,1-11H2/t12-,13+,14?,15?. The molecule has 6 rings (SSSR count). The lowest BCUT2D eigenvalue weighted by Gasteiger charge is -2.38. The van der Waals surface area contributed by atoms with Crippen molar-refractivity contribution in [3.8, 4) is 0 Å². The number of hydrogen-bond donors (Lipinski definition) is 0. The van der Waals surface area contributed by atoms with Gasteiger partial charge in [0.05, 0.1) is 0 Å². The average Bonchev–Trinajstić information content (AvgIpc) is 2.67. The fourth-order valence-electron chi connectivity index (χ4n) is 5.80. The Hall–Kier alpha value is -1.39. The Morgan fingerprint density at radius 3 is 2.52 bits per heavy atom. The molecular formula is C18H26N4O. The molecule has 4 fully saturated rings. The van der Waals surface area contributed by atoms with E-state index < -0.39 is 0 Å². The molecule has 1 aromatic rings. The maximum atomic E-state index is 13.3. The van der Waals surface area contributed by atoms with Crippen molar-refractivity contribution < 1.29 is 4.79 Å². The van der Waals surface area contributed by atoms with E-state index in [1.54, 1.807) is 0 Å². The van der Waals surface area contributed by atoms with Crippen LogP contribution in [-0.4, -0.2) is 38.2 Å². The quantitative estimate of drug-likeness (QED) is 0.801. The molecule has 4 bridgehead atoms. The van der Waals surface area contributed by atoms with Crippen LogP contribution in [-0.2, 0) is 13.0 Å². The van der Waals surface area contributed by atoms with Gasteiger partial charge in [-0.25, -0.2) is 0 Å². The summed E-state index contributed by atoms with van der Waals surface area (Å²) in [6.07, 6.45) is 11.1. The highest BCUT2D eigenvalue weighted by atomic mass is 16.2. The summed E-state index contributed by atoms with van der Waals surface area (Å²) in [7, 11) is 0. The minimum Gasteiger partial charge on any atom is -0.333 e. The van der Waals surface area contributed by atoms with Gasteiger partial charge in [0.2, 0.25) is 5.82 Å². The second-order valence-corrected chi connectivity index (χ2v) is 8.29. The zero-order valence-corrected chi connectivity index (χ0v) is 13.8. The van der Waals surface area contributed by atoms with Crippen LogP contribution in [0.25, 0.3) is 0 Å². The highest BCUT2D eigenvalue weighted by molar-refractivity contribution is 5.91. The van der Waals surface area contributed by atoms with Crippen molar-refractivity contribution in [3.05, 3.63) is 11.6 Å². The third-order valence-electron chi connectivity index (χ3n) is 6.67. The van der Waals surface area contributed by atoms with Crippen molar-refractivity contribution >= 4 is 5.91 Å². The summed E-state index contributed by atoms with van der Waals surface area (Å²) in [5, 5.41) is 8.64. The first kappa shape index (κ1) is 14.0. The van der Waals surface area contributed by atoms with Crippen molar-refractivity contribution in [1.82, 2.24) is 19.7 Å². The number of fused-ring (bicyclic) bond motifs is 2. The van der Waals surface area contributed by atoms with Crippen LogP contribution in [0.4, 0.5) is 0 Å². The molecule has 0 N–H and O–H groups in total. The predicted molar refractivity (Wildman–Crippen MR) is 86.0 cm³/mol. The van der Waals surface area contributed by atoms with E-state index >= 15 is 0 Å². The fourth-order valence-corrected chi connectivity index (χ4v) is 5.80. The van der Waals surface area contributed by atoms with Gasteiger partial charge in [-0.15, -0.1) is 10.2 Å². The van der Waals surface area contributed by atoms with E-state index in [4.69, 9.17) is 0 Å². The van der Waals surface area contributed by atoms with E-state index in [1.807, 2.05) is 0 Å². The van der Waals surface area contributed by atoms with E-state index in [9.17, 15) is 4.79 Å². The van der Waals surface area contributed by atoms with Gasteiger partial charge in [-0.2, -0.15) is 0 Å². The number of carbonyl (C=O) groups is 1. The van der Waals surface area contributed by atoms with Crippen LogP contribution in [0.5, 0.6) is 0 Å². The van der Waals surface area contributed by atoms with Crippen LogP contribution >= 0.6 is 0 Å². The summed E-state index contributed by atoms with van der Waals surface area (Å²) in [6.45, 7) is 1.87. The lowest BCUT2D eigenvalue weighted by Crippen LogP contribution is -2.43. The Morgan fingerprint density at radius 2 is 1.70 bits per heavy atom. The summed E-state index contributed by atoms with van der Waals surface area (Å²) >= 11 is 0. The van der Waals surface area contributed by atoms with Crippen LogP contribution < -0.4 is 0 Å². The second kappa shape index (κ2) is 5.32. The van der Waals surface area contributed by atoms with Gasteiger partial charge in [-0.05, 0) is 62.7 Å². The molecule has 0 radical (unpaired) electrons. The molecule has 124 valence electrons. The first-order chi connectivity index (χ1) is 11.3. The van der Waals surface area contributed by atoms with Gasteiger partial charge < -0.3 is 9.47 Å². The van der Waals surface area contributed by atoms with Gasteiger partial charge in [0.15, 0.2) is 0 Å². The second-order valence-electron chi connectivity index (χ2n) is 8.29. The molecule has 1 aromatic heterocycles. The van der Waals surface area contributed by atoms with Gasteiger partial charge in [-0.1, -0.05) is 6.42 Å². The van der Waals surface area contributed by atoms with E-state index in [0.29, 0.717) is 11.9 Å². The molecule has 4 heterocycles. The molecule has 5 heteroatoms. The molecule has 2 saturated heterocycles. The number of aryl methyl sites for hydroxylation is 1. The molecule has 1 amide bonds. The SMILES string of the molecule is O=C(c1nnc2n1CCCCC2)N1CC2C[C@@H]3CC1C[C@H](C2)C3. The van der Waals surface area contributed by atoms with Crippen molar-refractivity contribution in [3.63, 3.8) is 0 Å². The summed E-state index contributed by atoms with van der Waals surface area (Å²) < 4.78 is 2.12. The Balaban J connectivity index is 1.45. The maximum absolute atomic E-state index is 13.3. The molecule has 2 aliphatic carbocycles. The maximum Gasteiger partial charge on any atom is 0.292 e. The van der Waals surface area contributed by atoms with Crippen LogP contribution in [0.3, 0.4) is 0 Å². The Kier molecular flexibility index (Phi) is 3.24. The van der Waals surface area contributed by atoms with E-state index in [1.165, 1.54) is 44.9 Å². The van der Waals surface area contributed by atoms with Crippen LogP contribution in [0, 0.1) is 17.8 Å². The zero-order valence-electron chi connectivity index (χ0n) is 13.8. The molecule has 4 atom stereocenters. The third kappa shape index (κ3) is 2.31. The Morgan fingerprint density at radius 1 is 0.913 bits per heavy atom. The number of rotatable bonds is 1. The van der Waals surface area contributed by atoms with Crippen molar-refractivity contribution in [2.24, 2.45) is 17.8 Å². The van der Waals surface area contributed by atoms with Crippen LogP contribution in [0.1, 0.15) is 67.8 Å². The monoisotopic (exact) mass is 314 g/mol. The summed E-state index contributed by atoms with van der Waals surface area (Å²) in [5.41, 5.74) is 0. The minimum absolute atomic E-state index is 0.156. The average molecular weight is 314 g/mol.